The number of hydrogen-bond donors (Lipinski definition) is 1. The lowest BCUT2D eigenvalue weighted by atomic mass is 9.96. The van der Waals surface area contributed by atoms with Crippen LogP contribution in [0.5, 0.6) is 5.75 Å². The zero-order valence-electron chi connectivity index (χ0n) is 16.2. The Morgan fingerprint density at radius 2 is 1.68 bits per heavy atom. The second kappa shape index (κ2) is 8.75. The van der Waals surface area contributed by atoms with Crippen LogP contribution in [0.25, 0.3) is 0 Å². The number of nitrogens with one attached hydrogen (secondary N) is 1. The van der Waals surface area contributed by atoms with E-state index in [9.17, 15) is 13.2 Å². The number of hydrogen-bond acceptors (Lipinski definition) is 4. The maximum atomic E-state index is 13.2. The summed E-state index contributed by atoms with van der Waals surface area (Å²) in [5, 5.41) is 2.74. The molecule has 1 saturated carbocycles. The zero-order valence-corrected chi connectivity index (χ0v) is 17.0. The average Bonchev–Trinajstić information content (AvgIpc) is 2.74. The first-order valence-electron chi connectivity index (χ1n) is 9.46. The maximum absolute atomic E-state index is 13.2. The fraction of sp³-hybridized carbons (Fsp3) is 0.381. The van der Waals surface area contributed by atoms with Crippen LogP contribution in [0.15, 0.2) is 53.4 Å². The molecule has 1 aliphatic rings. The standard InChI is InChI=1S/C21H26N2O4S/c1-23(17-8-4-3-5-9-17)28(25,26)20-11-7-6-10-19(20)22-21(24)16-12-14-18(27-2)15-13-16/h6-7,10-15,17H,3-5,8-9H2,1-2H3,(H,22,24). The number of anilines is 1. The number of benzene rings is 2. The van der Waals surface area contributed by atoms with Crippen molar-refractivity contribution in [2.24, 2.45) is 0 Å². The Kier molecular flexibility index (Phi) is 6.36. The minimum Gasteiger partial charge on any atom is -0.497 e. The smallest absolute Gasteiger partial charge is 0.255 e. The summed E-state index contributed by atoms with van der Waals surface area (Å²) in [4.78, 5) is 12.7. The predicted octanol–water partition coefficient (Wildman–Crippen LogP) is 3.90. The molecule has 0 heterocycles. The number of methoxy groups -OCH3 is 1. The topological polar surface area (TPSA) is 75.7 Å². The summed E-state index contributed by atoms with van der Waals surface area (Å²) in [6, 6.07) is 13.2. The van der Waals surface area contributed by atoms with E-state index >= 15 is 0 Å². The summed E-state index contributed by atoms with van der Waals surface area (Å²) in [7, 11) is -0.522. The highest BCUT2D eigenvalue weighted by atomic mass is 32.2. The molecule has 0 aliphatic heterocycles. The predicted molar refractivity (Wildman–Crippen MR) is 109 cm³/mol. The number of para-hydroxylation sites is 1. The van der Waals surface area contributed by atoms with Crippen LogP contribution in [-0.4, -0.2) is 38.8 Å². The average molecular weight is 403 g/mol. The van der Waals surface area contributed by atoms with Crippen LogP contribution in [0.3, 0.4) is 0 Å². The number of nitrogens with zero attached hydrogens (tertiary/aromatic N) is 1. The van der Waals surface area contributed by atoms with Gasteiger partial charge in [0.2, 0.25) is 10.0 Å². The van der Waals surface area contributed by atoms with Gasteiger partial charge in [-0.25, -0.2) is 8.42 Å². The van der Waals surface area contributed by atoms with Crippen molar-refractivity contribution in [3.8, 4) is 5.75 Å². The fourth-order valence-electron chi connectivity index (χ4n) is 3.53. The Hall–Kier alpha value is -2.38. The second-order valence-electron chi connectivity index (χ2n) is 6.99. The maximum Gasteiger partial charge on any atom is 0.255 e. The van der Waals surface area contributed by atoms with Crippen LogP contribution in [0.4, 0.5) is 5.69 Å². The fourth-order valence-corrected chi connectivity index (χ4v) is 5.09. The third kappa shape index (κ3) is 4.36. The molecule has 28 heavy (non-hydrogen) atoms. The molecule has 0 unspecified atom stereocenters. The Labute approximate surface area is 166 Å². The van der Waals surface area contributed by atoms with Crippen LogP contribution in [0, 0.1) is 0 Å². The van der Waals surface area contributed by atoms with Crippen molar-refractivity contribution >= 4 is 21.6 Å². The molecule has 0 spiro atoms. The summed E-state index contributed by atoms with van der Waals surface area (Å²) in [6.45, 7) is 0. The molecule has 1 fully saturated rings. The van der Waals surface area contributed by atoms with Crippen molar-refractivity contribution < 1.29 is 17.9 Å². The first-order valence-corrected chi connectivity index (χ1v) is 10.9. The van der Waals surface area contributed by atoms with Gasteiger partial charge in [0.25, 0.3) is 5.91 Å². The van der Waals surface area contributed by atoms with Crippen molar-refractivity contribution in [3.63, 3.8) is 0 Å². The Bertz CT molecular complexity index is 920. The lowest BCUT2D eigenvalue weighted by Crippen LogP contribution is -2.38. The van der Waals surface area contributed by atoms with E-state index in [1.807, 2.05) is 0 Å². The number of ether oxygens (including phenoxy) is 1. The molecule has 6 nitrogen and oxygen atoms in total. The van der Waals surface area contributed by atoms with Gasteiger partial charge in [-0.2, -0.15) is 4.31 Å². The van der Waals surface area contributed by atoms with Gasteiger partial charge in [-0.1, -0.05) is 31.4 Å². The van der Waals surface area contributed by atoms with Crippen LogP contribution in [0.1, 0.15) is 42.5 Å². The van der Waals surface area contributed by atoms with Crippen LogP contribution >= 0.6 is 0 Å². The molecule has 0 atom stereocenters. The number of carbonyl (C=O) groups excluding carboxylic acids is 1. The largest absolute Gasteiger partial charge is 0.497 e. The van der Waals surface area contributed by atoms with Crippen molar-refractivity contribution in [2.75, 3.05) is 19.5 Å². The molecule has 3 rings (SSSR count). The highest BCUT2D eigenvalue weighted by molar-refractivity contribution is 7.89. The first kappa shape index (κ1) is 20.4. The van der Waals surface area contributed by atoms with E-state index in [1.54, 1.807) is 56.6 Å². The lowest BCUT2D eigenvalue weighted by molar-refractivity contribution is 0.102. The molecule has 1 N–H and O–H groups in total. The normalized spacial score (nSPS) is 15.4. The third-order valence-electron chi connectivity index (χ3n) is 5.23. The van der Waals surface area contributed by atoms with Gasteiger partial charge in [-0.05, 0) is 49.2 Å². The molecule has 7 heteroatoms. The zero-order chi connectivity index (χ0) is 20.1. The molecule has 1 amide bonds. The Morgan fingerprint density at radius 3 is 2.32 bits per heavy atom. The highest BCUT2D eigenvalue weighted by Gasteiger charge is 2.31. The third-order valence-corrected chi connectivity index (χ3v) is 7.20. The second-order valence-corrected chi connectivity index (χ2v) is 8.96. The van der Waals surface area contributed by atoms with E-state index in [-0.39, 0.29) is 22.5 Å². The van der Waals surface area contributed by atoms with E-state index in [0.717, 1.165) is 32.1 Å². The molecule has 2 aromatic carbocycles. The summed E-state index contributed by atoms with van der Waals surface area (Å²) < 4.78 is 33.0. The number of amides is 1. The summed E-state index contributed by atoms with van der Waals surface area (Å²) >= 11 is 0. The molecular weight excluding hydrogens is 376 g/mol. The first-order chi connectivity index (χ1) is 13.4. The van der Waals surface area contributed by atoms with Crippen molar-refractivity contribution in [3.05, 3.63) is 54.1 Å². The molecule has 150 valence electrons. The molecule has 1 aliphatic carbocycles. The minimum absolute atomic E-state index is 0.00379. The molecular formula is C21H26N2O4S. The van der Waals surface area contributed by atoms with E-state index in [4.69, 9.17) is 4.74 Å². The Balaban J connectivity index is 1.84. The monoisotopic (exact) mass is 402 g/mol. The Morgan fingerprint density at radius 1 is 1.04 bits per heavy atom. The van der Waals surface area contributed by atoms with Gasteiger partial charge in [-0.3, -0.25) is 4.79 Å². The summed E-state index contributed by atoms with van der Waals surface area (Å²) in [5.41, 5.74) is 0.708. The lowest BCUT2D eigenvalue weighted by Gasteiger charge is -2.30. The number of carbonyl (C=O) groups is 1. The van der Waals surface area contributed by atoms with Crippen LogP contribution < -0.4 is 10.1 Å². The molecule has 0 radical (unpaired) electrons. The molecule has 2 aromatic rings. The van der Waals surface area contributed by atoms with Gasteiger partial charge in [0.15, 0.2) is 0 Å². The van der Waals surface area contributed by atoms with Crippen LogP contribution in [-0.2, 0) is 10.0 Å². The van der Waals surface area contributed by atoms with E-state index in [1.165, 1.54) is 10.4 Å². The number of sulfonamides is 1. The van der Waals surface area contributed by atoms with Gasteiger partial charge in [0, 0.05) is 18.7 Å². The molecule has 0 saturated heterocycles. The highest BCUT2D eigenvalue weighted by Crippen LogP contribution is 2.30. The van der Waals surface area contributed by atoms with Crippen molar-refractivity contribution in [2.45, 2.75) is 43.0 Å². The van der Waals surface area contributed by atoms with Gasteiger partial charge >= 0.3 is 0 Å². The molecule has 0 bridgehead atoms. The van der Waals surface area contributed by atoms with Crippen molar-refractivity contribution in [1.29, 1.82) is 0 Å². The van der Waals surface area contributed by atoms with Crippen molar-refractivity contribution in [1.82, 2.24) is 4.31 Å². The SMILES string of the molecule is COc1ccc(C(=O)Nc2ccccc2S(=O)(=O)N(C)C2CCCCC2)cc1. The molecule has 0 aromatic heterocycles. The van der Waals surface area contributed by atoms with Gasteiger partial charge < -0.3 is 10.1 Å². The summed E-state index contributed by atoms with van der Waals surface area (Å²) in [5.74, 6) is 0.277. The van der Waals surface area contributed by atoms with E-state index in [0.29, 0.717) is 11.3 Å². The van der Waals surface area contributed by atoms with Gasteiger partial charge in [0.1, 0.15) is 10.6 Å². The van der Waals surface area contributed by atoms with Gasteiger partial charge in [0.05, 0.1) is 12.8 Å². The van der Waals surface area contributed by atoms with Crippen LogP contribution in [0.2, 0.25) is 0 Å². The number of rotatable bonds is 6. The minimum atomic E-state index is -3.71. The van der Waals surface area contributed by atoms with Gasteiger partial charge in [-0.15, -0.1) is 0 Å². The van der Waals surface area contributed by atoms with E-state index in [2.05, 4.69) is 5.32 Å². The van der Waals surface area contributed by atoms with E-state index < -0.39 is 10.0 Å². The quantitative estimate of drug-likeness (QED) is 0.795. The summed E-state index contributed by atoms with van der Waals surface area (Å²) in [6.07, 6.45) is 4.98.